The SMILES string of the molecule is CCc1cccc([C@H]2N=C(CC3=N[C@H](c4cccc(CC)c4)C(CC)O3)OC2CC)c1.[Cl-].[Cl-].[Ni+2]. The fourth-order valence-corrected chi connectivity index (χ4v) is 4.51. The number of aryl methyl sites for hydroxylation is 2. The standard InChI is InChI=1S/C27H34N2O2.2ClH.Ni/c1-5-18-11-9-13-20(15-18)26-22(7-3)30-24(28-26)17-25-29-27(23(8-4)31-25)21-14-10-12-19(6-2)16-21;;;/h9-16,22-23,26-27H,5-8,17H2,1-4H3;2*1H;/q;;;+2/p-2/t22?,23?,26-,27-;;;/m1.../s1. The Kier molecular flexibility index (Phi) is 12.7. The summed E-state index contributed by atoms with van der Waals surface area (Å²) in [5, 5.41) is 0. The van der Waals surface area contributed by atoms with Gasteiger partial charge in [-0.25, -0.2) is 9.98 Å². The van der Waals surface area contributed by atoms with Gasteiger partial charge in [-0.05, 0) is 47.9 Å². The van der Waals surface area contributed by atoms with Gasteiger partial charge in [0.05, 0.1) is 6.42 Å². The zero-order chi connectivity index (χ0) is 21.8. The van der Waals surface area contributed by atoms with Crippen LogP contribution in [0.25, 0.3) is 0 Å². The van der Waals surface area contributed by atoms with E-state index in [-0.39, 0.29) is 65.6 Å². The van der Waals surface area contributed by atoms with Gasteiger partial charge in [0.25, 0.3) is 0 Å². The predicted molar refractivity (Wildman–Crippen MR) is 127 cm³/mol. The largest absolute Gasteiger partial charge is 2.00 e. The fourth-order valence-electron chi connectivity index (χ4n) is 4.51. The van der Waals surface area contributed by atoms with E-state index in [1.54, 1.807) is 0 Å². The Labute approximate surface area is 226 Å². The van der Waals surface area contributed by atoms with Gasteiger partial charge in [0.15, 0.2) is 11.8 Å². The molecule has 34 heavy (non-hydrogen) atoms. The number of ether oxygens (including phenoxy) is 2. The summed E-state index contributed by atoms with van der Waals surface area (Å²) < 4.78 is 12.5. The Bertz CT molecular complexity index is 905. The molecule has 0 bridgehead atoms. The Morgan fingerprint density at radius 3 is 1.44 bits per heavy atom. The molecule has 0 amide bonds. The molecular formula is C27H34Cl2N2NiO2. The maximum atomic E-state index is 6.25. The number of hydrogen-bond donors (Lipinski definition) is 0. The van der Waals surface area contributed by atoms with Crippen LogP contribution in [0.4, 0.5) is 0 Å². The van der Waals surface area contributed by atoms with Crippen molar-refractivity contribution in [2.45, 2.75) is 84.1 Å². The van der Waals surface area contributed by atoms with Gasteiger partial charge in [-0.15, -0.1) is 0 Å². The van der Waals surface area contributed by atoms with Crippen LogP contribution >= 0.6 is 0 Å². The van der Waals surface area contributed by atoms with Crippen molar-refractivity contribution in [1.29, 1.82) is 0 Å². The molecule has 0 aliphatic carbocycles. The minimum absolute atomic E-state index is 0. The number of halogens is 2. The van der Waals surface area contributed by atoms with Crippen molar-refractivity contribution in [3.05, 3.63) is 70.8 Å². The van der Waals surface area contributed by atoms with Gasteiger partial charge in [0, 0.05) is 0 Å². The second kappa shape index (κ2) is 14.1. The molecular weight excluding hydrogens is 514 g/mol. The first-order chi connectivity index (χ1) is 15.1. The Morgan fingerprint density at radius 1 is 0.676 bits per heavy atom. The molecule has 2 unspecified atom stereocenters. The maximum Gasteiger partial charge on any atom is 2.00 e. The summed E-state index contributed by atoms with van der Waals surface area (Å²) >= 11 is 0. The fraction of sp³-hybridized carbons (Fsp3) is 0.481. The molecule has 2 aromatic rings. The first-order valence-electron chi connectivity index (χ1n) is 11.8. The molecule has 0 saturated carbocycles. The normalized spacial score (nSPS) is 22.8. The second-order valence-electron chi connectivity index (χ2n) is 8.44. The first-order valence-corrected chi connectivity index (χ1v) is 11.8. The number of aliphatic imine (C=N–C) groups is 2. The Hall–Kier alpha value is -1.55. The van der Waals surface area contributed by atoms with E-state index in [1.165, 1.54) is 22.3 Å². The van der Waals surface area contributed by atoms with Crippen molar-refractivity contribution in [3.8, 4) is 0 Å². The van der Waals surface area contributed by atoms with Crippen molar-refractivity contribution < 1.29 is 50.8 Å². The molecule has 0 N–H and O–H groups in total. The van der Waals surface area contributed by atoms with Crippen LogP contribution in [0.1, 0.15) is 81.3 Å². The smallest absolute Gasteiger partial charge is 1.00 e. The number of rotatable bonds is 8. The predicted octanol–water partition coefficient (Wildman–Crippen LogP) is 0.404. The average Bonchev–Trinajstić information content (AvgIpc) is 3.43. The molecule has 0 saturated heterocycles. The van der Waals surface area contributed by atoms with E-state index in [0.717, 1.165) is 37.5 Å². The quantitative estimate of drug-likeness (QED) is 0.449. The summed E-state index contributed by atoms with van der Waals surface area (Å²) in [5.74, 6) is 1.49. The van der Waals surface area contributed by atoms with Gasteiger partial charge < -0.3 is 34.3 Å². The average molecular weight is 548 g/mol. The molecule has 0 fully saturated rings. The van der Waals surface area contributed by atoms with Crippen molar-refractivity contribution in [2.24, 2.45) is 9.98 Å². The summed E-state index contributed by atoms with van der Waals surface area (Å²) in [4.78, 5) is 9.92. The number of hydrogen-bond acceptors (Lipinski definition) is 4. The van der Waals surface area contributed by atoms with Crippen LogP contribution in [0.5, 0.6) is 0 Å². The molecule has 4 atom stereocenters. The summed E-state index contributed by atoms with van der Waals surface area (Å²) in [5.41, 5.74) is 5.14. The van der Waals surface area contributed by atoms with E-state index < -0.39 is 0 Å². The third kappa shape index (κ3) is 6.77. The molecule has 2 aromatic carbocycles. The maximum absolute atomic E-state index is 6.25. The van der Waals surface area contributed by atoms with Crippen molar-refractivity contribution in [1.82, 2.24) is 0 Å². The van der Waals surface area contributed by atoms with Crippen LogP contribution in [0.3, 0.4) is 0 Å². The van der Waals surface area contributed by atoms with Crippen molar-refractivity contribution >= 4 is 11.8 Å². The van der Waals surface area contributed by atoms with Crippen LogP contribution in [0.15, 0.2) is 58.5 Å². The van der Waals surface area contributed by atoms with Gasteiger partial charge >= 0.3 is 16.5 Å². The van der Waals surface area contributed by atoms with E-state index in [9.17, 15) is 0 Å². The molecule has 2 aliphatic heterocycles. The minimum atomic E-state index is 0. The zero-order valence-electron chi connectivity index (χ0n) is 20.2. The second-order valence-corrected chi connectivity index (χ2v) is 8.44. The molecule has 4 rings (SSSR count). The van der Waals surface area contributed by atoms with E-state index in [0.29, 0.717) is 6.42 Å². The van der Waals surface area contributed by atoms with E-state index in [1.807, 2.05) is 0 Å². The van der Waals surface area contributed by atoms with Gasteiger partial charge in [0.2, 0.25) is 0 Å². The zero-order valence-corrected chi connectivity index (χ0v) is 22.7. The summed E-state index contributed by atoms with van der Waals surface area (Å²) in [6, 6.07) is 17.5. The molecule has 2 aliphatic rings. The molecule has 188 valence electrons. The van der Waals surface area contributed by atoms with Crippen LogP contribution in [-0.2, 0) is 38.8 Å². The number of nitrogens with zero attached hydrogens (tertiary/aromatic N) is 2. The molecule has 0 spiro atoms. The van der Waals surface area contributed by atoms with Crippen molar-refractivity contribution in [2.75, 3.05) is 0 Å². The van der Waals surface area contributed by atoms with E-state index >= 15 is 0 Å². The van der Waals surface area contributed by atoms with Crippen LogP contribution < -0.4 is 24.8 Å². The van der Waals surface area contributed by atoms with Crippen LogP contribution in [-0.4, -0.2) is 24.0 Å². The monoisotopic (exact) mass is 546 g/mol. The van der Waals surface area contributed by atoms with E-state index in [2.05, 4.69) is 76.2 Å². The van der Waals surface area contributed by atoms with Gasteiger partial charge in [-0.1, -0.05) is 76.2 Å². The van der Waals surface area contributed by atoms with Gasteiger partial charge in [-0.2, -0.15) is 0 Å². The van der Waals surface area contributed by atoms with Crippen molar-refractivity contribution in [3.63, 3.8) is 0 Å². The van der Waals surface area contributed by atoms with E-state index in [4.69, 9.17) is 19.5 Å². The Morgan fingerprint density at radius 2 is 1.09 bits per heavy atom. The molecule has 0 radical (unpaired) electrons. The molecule has 7 heteroatoms. The van der Waals surface area contributed by atoms with Crippen LogP contribution in [0.2, 0.25) is 0 Å². The molecule has 4 nitrogen and oxygen atoms in total. The van der Waals surface area contributed by atoms with Crippen LogP contribution in [0, 0.1) is 0 Å². The summed E-state index contributed by atoms with van der Waals surface area (Å²) in [7, 11) is 0. The molecule has 2 heterocycles. The topological polar surface area (TPSA) is 43.2 Å². The first kappa shape index (κ1) is 30.5. The molecule has 0 aromatic heterocycles. The van der Waals surface area contributed by atoms with Gasteiger partial charge in [-0.3, -0.25) is 0 Å². The van der Waals surface area contributed by atoms with Gasteiger partial charge in [0.1, 0.15) is 24.3 Å². The third-order valence-corrected chi connectivity index (χ3v) is 6.35. The summed E-state index contributed by atoms with van der Waals surface area (Å²) in [6.07, 6.45) is 4.57. The summed E-state index contributed by atoms with van der Waals surface area (Å²) in [6.45, 7) is 8.69. The minimum Gasteiger partial charge on any atom is -1.00 e. The number of benzene rings is 2. The Balaban J connectivity index is 0.00000193. The third-order valence-electron chi connectivity index (χ3n) is 6.35.